The van der Waals surface area contributed by atoms with E-state index >= 15 is 0 Å². The molecule has 0 aliphatic heterocycles. The SMILES string of the molecule is NCC1(NC2CCCC2)CCC2(CCCC2)CC1. The quantitative estimate of drug-likeness (QED) is 0.806. The molecule has 3 aliphatic carbocycles. The second-order valence-electron chi connectivity index (χ2n) is 7.32. The Morgan fingerprint density at radius 2 is 1.44 bits per heavy atom. The maximum absolute atomic E-state index is 6.14. The first-order valence-electron chi connectivity index (χ1n) is 8.24. The first kappa shape index (κ1) is 12.9. The molecule has 0 radical (unpaired) electrons. The third-order valence-electron chi connectivity index (χ3n) is 6.19. The summed E-state index contributed by atoms with van der Waals surface area (Å²) in [4.78, 5) is 0. The van der Waals surface area contributed by atoms with Crippen molar-refractivity contribution in [2.24, 2.45) is 11.1 Å². The fourth-order valence-electron chi connectivity index (χ4n) is 4.79. The van der Waals surface area contributed by atoms with Gasteiger partial charge in [0.05, 0.1) is 0 Å². The first-order chi connectivity index (χ1) is 8.76. The summed E-state index contributed by atoms with van der Waals surface area (Å²) < 4.78 is 0. The molecule has 3 N–H and O–H groups in total. The second-order valence-corrected chi connectivity index (χ2v) is 7.32. The maximum Gasteiger partial charge on any atom is 0.0306 e. The zero-order valence-corrected chi connectivity index (χ0v) is 11.8. The van der Waals surface area contributed by atoms with Crippen molar-refractivity contribution >= 4 is 0 Å². The van der Waals surface area contributed by atoms with E-state index in [1.54, 1.807) is 0 Å². The van der Waals surface area contributed by atoms with Gasteiger partial charge in [-0.2, -0.15) is 0 Å². The molecule has 2 heteroatoms. The summed E-state index contributed by atoms with van der Waals surface area (Å²) in [5.74, 6) is 0. The molecule has 3 rings (SSSR count). The van der Waals surface area contributed by atoms with Gasteiger partial charge in [-0.05, 0) is 56.8 Å². The molecule has 3 fully saturated rings. The van der Waals surface area contributed by atoms with Crippen molar-refractivity contribution in [3.05, 3.63) is 0 Å². The molecule has 104 valence electrons. The van der Waals surface area contributed by atoms with Gasteiger partial charge in [0.25, 0.3) is 0 Å². The van der Waals surface area contributed by atoms with Crippen LogP contribution >= 0.6 is 0 Å². The van der Waals surface area contributed by atoms with Crippen LogP contribution in [0.5, 0.6) is 0 Å². The van der Waals surface area contributed by atoms with Crippen molar-refractivity contribution in [1.29, 1.82) is 0 Å². The smallest absolute Gasteiger partial charge is 0.0306 e. The highest BCUT2D eigenvalue weighted by Crippen LogP contribution is 2.51. The molecule has 0 amide bonds. The minimum absolute atomic E-state index is 0.294. The Kier molecular flexibility index (Phi) is 3.68. The van der Waals surface area contributed by atoms with Crippen molar-refractivity contribution in [3.63, 3.8) is 0 Å². The molecule has 1 spiro atoms. The molecule has 0 bridgehead atoms. The van der Waals surface area contributed by atoms with Crippen LogP contribution in [0.15, 0.2) is 0 Å². The molecule has 0 saturated heterocycles. The van der Waals surface area contributed by atoms with Crippen molar-refractivity contribution < 1.29 is 0 Å². The van der Waals surface area contributed by atoms with Gasteiger partial charge >= 0.3 is 0 Å². The summed E-state index contributed by atoms with van der Waals surface area (Å²) in [6.45, 7) is 0.847. The van der Waals surface area contributed by atoms with Gasteiger partial charge in [0.1, 0.15) is 0 Å². The number of hydrogen-bond acceptors (Lipinski definition) is 2. The average molecular weight is 250 g/mol. The zero-order valence-electron chi connectivity index (χ0n) is 11.8. The van der Waals surface area contributed by atoms with Crippen molar-refractivity contribution in [2.45, 2.75) is 88.6 Å². The monoisotopic (exact) mass is 250 g/mol. The van der Waals surface area contributed by atoms with Crippen LogP contribution < -0.4 is 11.1 Å². The van der Waals surface area contributed by atoms with Gasteiger partial charge in [0, 0.05) is 18.1 Å². The van der Waals surface area contributed by atoms with Crippen LogP contribution in [0.25, 0.3) is 0 Å². The number of rotatable bonds is 3. The van der Waals surface area contributed by atoms with Crippen LogP contribution in [-0.2, 0) is 0 Å². The lowest BCUT2D eigenvalue weighted by molar-refractivity contribution is 0.106. The van der Waals surface area contributed by atoms with Crippen molar-refractivity contribution in [3.8, 4) is 0 Å². The lowest BCUT2D eigenvalue weighted by Gasteiger charge is -2.46. The van der Waals surface area contributed by atoms with Crippen molar-refractivity contribution in [2.75, 3.05) is 6.54 Å². The van der Waals surface area contributed by atoms with E-state index in [4.69, 9.17) is 5.73 Å². The van der Waals surface area contributed by atoms with Crippen LogP contribution in [0.4, 0.5) is 0 Å². The Balaban J connectivity index is 1.59. The highest BCUT2D eigenvalue weighted by molar-refractivity contribution is 5.01. The Morgan fingerprint density at radius 3 is 2.00 bits per heavy atom. The third kappa shape index (κ3) is 2.46. The van der Waals surface area contributed by atoms with E-state index < -0.39 is 0 Å². The number of nitrogens with one attached hydrogen (secondary N) is 1. The first-order valence-corrected chi connectivity index (χ1v) is 8.24. The topological polar surface area (TPSA) is 38.0 Å². The van der Waals surface area contributed by atoms with E-state index in [0.717, 1.165) is 18.0 Å². The average Bonchev–Trinajstić information content (AvgIpc) is 3.05. The molecule has 0 aromatic carbocycles. The van der Waals surface area contributed by atoms with Crippen LogP contribution in [0, 0.1) is 5.41 Å². The number of nitrogens with two attached hydrogens (primary N) is 1. The summed E-state index contributed by atoms with van der Waals surface area (Å²) in [5, 5.41) is 3.96. The minimum Gasteiger partial charge on any atom is -0.329 e. The summed E-state index contributed by atoms with van der Waals surface area (Å²) in [5.41, 5.74) is 7.17. The maximum atomic E-state index is 6.14. The largest absolute Gasteiger partial charge is 0.329 e. The molecular formula is C16H30N2. The van der Waals surface area contributed by atoms with Gasteiger partial charge in [0.15, 0.2) is 0 Å². The Morgan fingerprint density at radius 1 is 0.833 bits per heavy atom. The Bertz CT molecular complexity index is 265. The fraction of sp³-hybridized carbons (Fsp3) is 1.00. The lowest BCUT2D eigenvalue weighted by Crippen LogP contribution is -2.57. The summed E-state index contributed by atoms with van der Waals surface area (Å²) in [7, 11) is 0. The van der Waals surface area contributed by atoms with E-state index in [-0.39, 0.29) is 0 Å². The van der Waals surface area contributed by atoms with Gasteiger partial charge < -0.3 is 11.1 Å². The predicted octanol–water partition coefficient (Wildman–Crippen LogP) is 3.35. The number of hydrogen-bond donors (Lipinski definition) is 2. The molecular weight excluding hydrogens is 220 g/mol. The summed E-state index contributed by atoms with van der Waals surface area (Å²) >= 11 is 0. The standard InChI is InChI=1S/C16H30N2/c17-13-16(18-14-5-1-2-6-14)11-9-15(10-12-16)7-3-4-8-15/h14,18H,1-13,17H2. The van der Waals surface area contributed by atoms with Gasteiger partial charge in [-0.1, -0.05) is 25.7 Å². The molecule has 0 aromatic rings. The second kappa shape index (κ2) is 5.13. The van der Waals surface area contributed by atoms with E-state index in [0.29, 0.717) is 5.54 Å². The molecule has 3 saturated carbocycles. The van der Waals surface area contributed by atoms with Gasteiger partial charge in [-0.3, -0.25) is 0 Å². The van der Waals surface area contributed by atoms with Crippen LogP contribution in [0.2, 0.25) is 0 Å². The normalized spacial score (nSPS) is 31.2. The Hall–Kier alpha value is -0.0800. The molecule has 2 nitrogen and oxygen atoms in total. The lowest BCUT2D eigenvalue weighted by atomic mass is 9.66. The van der Waals surface area contributed by atoms with E-state index in [1.807, 2.05) is 0 Å². The van der Waals surface area contributed by atoms with Crippen LogP contribution in [0.1, 0.15) is 77.0 Å². The molecule has 18 heavy (non-hydrogen) atoms. The highest BCUT2D eigenvalue weighted by Gasteiger charge is 2.43. The Labute approximate surface area is 112 Å². The zero-order chi connectivity index (χ0) is 12.5. The molecule has 0 atom stereocenters. The van der Waals surface area contributed by atoms with E-state index in [1.165, 1.54) is 77.0 Å². The fourth-order valence-corrected chi connectivity index (χ4v) is 4.79. The van der Waals surface area contributed by atoms with Crippen LogP contribution in [0.3, 0.4) is 0 Å². The minimum atomic E-state index is 0.294. The summed E-state index contributed by atoms with van der Waals surface area (Å²) in [6, 6.07) is 0.770. The highest BCUT2D eigenvalue weighted by atomic mass is 15.0. The molecule has 3 aliphatic rings. The third-order valence-corrected chi connectivity index (χ3v) is 6.19. The van der Waals surface area contributed by atoms with Crippen molar-refractivity contribution in [1.82, 2.24) is 5.32 Å². The van der Waals surface area contributed by atoms with Gasteiger partial charge in [0.2, 0.25) is 0 Å². The van der Waals surface area contributed by atoms with Gasteiger partial charge in [-0.25, -0.2) is 0 Å². The van der Waals surface area contributed by atoms with Crippen LogP contribution in [-0.4, -0.2) is 18.1 Å². The predicted molar refractivity (Wildman–Crippen MR) is 76.5 cm³/mol. The summed E-state index contributed by atoms with van der Waals surface area (Å²) in [6.07, 6.45) is 17.1. The molecule has 0 aromatic heterocycles. The molecule has 0 unspecified atom stereocenters. The molecule has 0 heterocycles. The van der Waals surface area contributed by atoms with Gasteiger partial charge in [-0.15, -0.1) is 0 Å². The van der Waals surface area contributed by atoms with E-state index in [9.17, 15) is 0 Å². The van der Waals surface area contributed by atoms with E-state index in [2.05, 4.69) is 5.32 Å².